The fourth-order valence-corrected chi connectivity index (χ4v) is 2.80. The highest BCUT2D eigenvalue weighted by Crippen LogP contribution is 2.34. The molecule has 2 N–H and O–H groups in total. The van der Waals surface area contributed by atoms with Gasteiger partial charge in [-0.3, -0.25) is 19.8 Å². The van der Waals surface area contributed by atoms with Crippen molar-refractivity contribution in [3.8, 4) is 0 Å². The van der Waals surface area contributed by atoms with Gasteiger partial charge >= 0.3 is 12.2 Å². The van der Waals surface area contributed by atoms with Gasteiger partial charge in [-0.1, -0.05) is 41.9 Å². The van der Waals surface area contributed by atoms with Crippen molar-refractivity contribution in [2.24, 2.45) is 0 Å². The summed E-state index contributed by atoms with van der Waals surface area (Å²) in [4.78, 5) is 37.4. The van der Waals surface area contributed by atoms with Crippen LogP contribution in [-0.4, -0.2) is 34.6 Å². The Labute approximate surface area is 162 Å². The standard InChI is InChI=1S/C18H13ClF3N3O3/c19-13-8-6-12(7-9-13)14(26)23-17(18(20,21)22)15(27)25(16(28)24-17)10-11-4-2-1-3-5-11/h1-9H,10H2,(H,23,26)(H,24,28). The lowest BCUT2D eigenvalue weighted by Gasteiger charge is -2.29. The van der Waals surface area contributed by atoms with Gasteiger partial charge in [-0.15, -0.1) is 0 Å². The molecule has 1 fully saturated rings. The van der Waals surface area contributed by atoms with Gasteiger partial charge in [0.1, 0.15) is 0 Å². The van der Waals surface area contributed by atoms with Gasteiger partial charge in [-0.25, -0.2) is 4.79 Å². The van der Waals surface area contributed by atoms with Crippen LogP contribution in [0.5, 0.6) is 0 Å². The van der Waals surface area contributed by atoms with E-state index in [9.17, 15) is 27.6 Å². The lowest BCUT2D eigenvalue weighted by molar-refractivity contribution is -0.200. The van der Waals surface area contributed by atoms with Crippen LogP contribution in [0.2, 0.25) is 5.02 Å². The Morgan fingerprint density at radius 1 is 1.07 bits per heavy atom. The van der Waals surface area contributed by atoms with Crippen molar-refractivity contribution in [1.82, 2.24) is 15.5 Å². The van der Waals surface area contributed by atoms with E-state index >= 15 is 0 Å². The van der Waals surface area contributed by atoms with Gasteiger partial charge in [0.15, 0.2) is 0 Å². The fraction of sp³-hybridized carbons (Fsp3) is 0.167. The molecule has 4 amide bonds. The number of hydrogen-bond acceptors (Lipinski definition) is 3. The number of halogens is 4. The summed E-state index contributed by atoms with van der Waals surface area (Å²) in [6.45, 7) is -0.375. The van der Waals surface area contributed by atoms with Gasteiger partial charge in [0.05, 0.1) is 6.54 Å². The van der Waals surface area contributed by atoms with Crippen molar-refractivity contribution in [2.45, 2.75) is 18.4 Å². The van der Waals surface area contributed by atoms with Gasteiger partial charge in [0.25, 0.3) is 17.5 Å². The van der Waals surface area contributed by atoms with Gasteiger partial charge < -0.3 is 5.32 Å². The summed E-state index contributed by atoms with van der Waals surface area (Å²) in [6.07, 6.45) is -5.27. The number of rotatable bonds is 4. The Kier molecular flexibility index (Phi) is 5.03. The second kappa shape index (κ2) is 7.16. The molecule has 0 aromatic heterocycles. The summed E-state index contributed by atoms with van der Waals surface area (Å²) >= 11 is 5.70. The number of alkyl halides is 3. The summed E-state index contributed by atoms with van der Waals surface area (Å²) < 4.78 is 41.4. The number of carbonyl (C=O) groups excluding carboxylic acids is 3. The van der Waals surface area contributed by atoms with Gasteiger partial charge in [0.2, 0.25) is 0 Å². The number of carbonyl (C=O) groups is 3. The molecule has 2 aromatic carbocycles. The minimum absolute atomic E-state index is 0.156. The van der Waals surface area contributed by atoms with Crippen LogP contribution in [0, 0.1) is 0 Å². The minimum atomic E-state index is -5.27. The molecule has 1 atom stereocenters. The van der Waals surface area contributed by atoms with Crippen molar-refractivity contribution in [2.75, 3.05) is 0 Å². The summed E-state index contributed by atoms with van der Waals surface area (Å²) in [5, 5.41) is 3.51. The maximum atomic E-state index is 13.8. The molecule has 0 radical (unpaired) electrons. The smallest absolute Gasteiger partial charge is 0.314 e. The van der Waals surface area contributed by atoms with Crippen LogP contribution in [0.3, 0.4) is 0 Å². The highest BCUT2D eigenvalue weighted by Gasteiger charge is 2.68. The van der Waals surface area contributed by atoms with E-state index in [1.54, 1.807) is 41.0 Å². The van der Waals surface area contributed by atoms with Crippen LogP contribution < -0.4 is 10.6 Å². The Morgan fingerprint density at radius 2 is 1.68 bits per heavy atom. The minimum Gasteiger partial charge on any atom is -0.314 e. The highest BCUT2D eigenvalue weighted by atomic mass is 35.5. The molecule has 1 aliphatic rings. The van der Waals surface area contributed by atoms with E-state index < -0.39 is 29.7 Å². The molecule has 0 aliphatic carbocycles. The van der Waals surface area contributed by atoms with Crippen LogP contribution in [0.15, 0.2) is 54.6 Å². The topological polar surface area (TPSA) is 78.5 Å². The first-order chi connectivity index (χ1) is 13.1. The second-order valence-electron chi connectivity index (χ2n) is 6.02. The van der Waals surface area contributed by atoms with E-state index in [1.807, 2.05) is 0 Å². The van der Waals surface area contributed by atoms with Gasteiger partial charge in [-0.2, -0.15) is 13.2 Å². The zero-order valence-electron chi connectivity index (χ0n) is 14.1. The molecular formula is C18H13ClF3N3O3. The van der Waals surface area contributed by atoms with E-state index in [0.29, 0.717) is 10.5 Å². The van der Waals surface area contributed by atoms with E-state index in [-0.39, 0.29) is 17.1 Å². The van der Waals surface area contributed by atoms with Crippen LogP contribution >= 0.6 is 11.6 Å². The van der Waals surface area contributed by atoms with Crippen LogP contribution in [0.4, 0.5) is 18.0 Å². The van der Waals surface area contributed by atoms with Crippen molar-refractivity contribution in [1.29, 1.82) is 0 Å². The fourth-order valence-electron chi connectivity index (χ4n) is 2.68. The SMILES string of the molecule is O=C(NC1(C(F)(F)F)NC(=O)N(Cc2ccccc2)C1=O)c1ccc(Cl)cc1. The Hall–Kier alpha value is -3.07. The molecule has 6 nitrogen and oxygen atoms in total. The number of nitrogens with zero attached hydrogens (tertiary/aromatic N) is 1. The molecule has 1 unspecified atom stereocenters. The third-order valence-corrected chi connectivity index (χ3v) is 4.37. The van der Waals surface area contributed by atoms with Gasteiger partial charge in [0, 0.05) is 10.6 Å². The molecule has 2 aromatic rings. The van der Waals surface area contributed by atoms with E-state index in [4.69, 9.17) is 11.6 Å². The van der Waals surface area contributed by atoms with Crippen molar-refractivity contribution >= 4 is 29.4 Å². The molecule has 0 bridgehead atoms. The molecule has 146 valence electrons. The number of benzene rings is 2. The molecule has 0 saturated carbocycles. The summed E-state index contributed by atoms with van der Waals surface area (Å²) in [5.74, 6) is -2.81. The summed E-state index contributed by atoms with van der Waals surface area (Å²) in [5.41, 5.74) is -3.26. The lowest BCUT2D eigenvalue weighted by atomic mass is 10.1. The predicted molar refractivity (Wildman–Crippen MR) is 93.2 cm³/mol. The van der Waals surface area contributed by atoms with E-state index in [2.05, 4.69) is 0 Å². The zero-order valence-corrected chi connectivity index (χ0v) is 14.8. The molecule has 3 rings (SSSR count). The first kappa shape index (κ1) is 19.7. The Bertz CT molecular complexity index is 919. The molecule has 1 saturated heterocycles. The average molecular weight is 412 g/mol. The molecule has 1 aliphatic heterocycles. The third-order valence-electron chi connectivity index (χ3n) is 4.12. The number of hydrogen-bond donors (Lipinski definition) is 2. The first-order valence-electron chi connectivity index (χ1n) is 7.97. The van der Waals surface area contributed by atoms with Crippen molar-refractivity contribution in [3.63, 3.8) is 0 Å². The van der Waals surface area contributed by atoms with E-state index in [0.717, 1.165) is 0 Å². The maximum Gasteiger partial charge on any atom is 0.440 e. The van der Waals surface area contributed by atoms with Crippen LogP contribution in [0.25, 0.3) is 0 Å². The first-order valence-corrected chi connectivity index (χ1v) is 8.35. The van der Waals surface area contributed by atoms with Gasteiger partial charge in [-0.05, 0) is 29.8 Å². The van der Waals surface area contributed by atoms with Crippen molar-refractivity contribution in [3.05, 3.63) is 70.7 Å². The second-order valence-corrected chi connectivity index (χ2v) is 6.45. The number of imide groups is 1. The van der Waals surface area contributed by atoms with E-state index in [1.165, 1.54) is 24.3 Å². The maximum absolute atomic E-state index is 13.8. The van der Waals surface area contributed by atoms with Crippen molar-refractivity contribution < 1.29 is 27.6 Å². The molecular weight excluding hydrogens is 399 g/mol. The molecule has 10 heteroatoms. The molecule has 28 heavy (non-hydrogen) atoms. The molecule has 0 spiro atoms. The average Bonchev–Trinajstić information content (AvgIpc) is 2.88. The predicted octanol–water partition coefficient (Wildman–Crippen LogP) is 3.08. The normalized spacial score (nSPS) is 19.5. The number of nitrogens with one attached hydrogen (secondary N) is 2. The van der Waals surface area contributed by atoms with Crippen LogP contribution in [0.1, 0.15) is 15.9 Å². The largest absolute Gasteiger partial charge is 0.440 e. The zero-order chi connectivity index (χ0) is 20.5. The monoisotopic (exact) mass is 411 g/mol. The molecule has 1 heterocycles. The number of urea groups is 1. The third kappa shape index (κ3) is 3.53. The Balaban J connectivity index is 1.91. The highest BCUT2D eigenvalue weighted by molar-refractivity contribution is 6.30. The Morgan fingerprint density at radius 3 is 2.25 bits per heavy atom. The summed E-state index contributed by atoms with van der Waals surface area (Å²) in [6, 6.07) is 11.8. The quantitative estimate of drug-likeness (QED) is 0.759. The number of amides is 4. The summed E-state index contributed by atoms with van der Waals surface area (Å²) in [7, 11) is 0. The lowest BCUT2D eigenvalue weighted by Crippen LogP contribution is -2.69. The van der Waals surface area contributed by atoms with Crippen LogP contribution in [-0.2, 0) is 11.3 Å².